The lowest BCUT2D eigenvalue weighted by atomic mass is 10.1. The number of hydrogen-bond donors (Lipinski definition) is 1. The molecule has 2 heterocycles. The Morgan fingerprint density at radius 2 is 2.15 bits per heavy atom. The zero-order chi connectivity index (χ0) is 14.1. The van der Waals surface area contributed by atoms with Gasteiger partial charge in [-0.2, -0.15) is 4.37 Å². The van der Waals surface area contributed by atoms with Crippen LogP contribution in [0.25, 0.3) is 10.8 Å². The molecule has 1 N–H and O–H groups in total. The van der Waals surface area contributed by atoms with Crippen LogP contribution < -0.4 is 5.32 Å². The van der Waals surface area contributed by atoms with Gasteiger partial charge in [0.15, 0.2) is 5.78 Å². The van der Waals surface area contributed by atoms with E-state index < -0.39 is 0 Å². The summed E-state index contributed by atoms with van der Waals surface area (Å²) in [4.78, 5) is 15.9. The van der Waals surface area contributed by atoms with Crippen LogP contribution in [-0.2, 0) is 0 Å². The van der Waals surface area contributed by atoms with Crippen LogP contribution in [0.3, 0.4) is 0 Å². The van der Waals surface area contributed by atoms with Crippen molar-refractivity contribution in [2.75, 3.05) is 5.32 Å². The van der Waals surface area contributed by atoms with E-state index in [0.29, 0.717) is 5.56 Å². The van der Waals surface area contributed by atoms with Crippen LogP contribution in [-0.4, -0.2) is 15.1 Å². The molecule has 5 heteroatoms. The largest absolute Gasteiger partial charge is 0.345 e. The first-order valence-electron chi connectivity index (χ1n) is 6.24. The third-order valence-corrected chi connectivity index (χ3v) is 4.00. The lowest BCUT2D eigenvalue weighted by molar-refractivity contribution is 0.101. The second-order valence-corrected chi connectivity index (χ2v) is 5.33. The van der Waals surface area contributed by atoms with Crippen molar-refractivity contribution in [1.82, 2.24) is 9.36 Å². The van der Waals surface area contributed by atoms with E-state index in [0.717, 1.165) is 27.2 Å². The van der Waals surface area contributed by atoms with E-state index >= 15 is 0 Å². The lowest BCUT2D eigenvalue weighted by Gasteiger charge is -2.08. The molecule has 0 spiro atoms. The van der Waals surface area contributed by atoms with Crippen LogP contribution in [0.1, 0.15) is 23.0 Å². The summed E-state index contributed by atoms with van der Waals surface area (Å²) < 4.78 is 4.26. The number of carbonyl (C=O) groups excluding carboxylic acids is 1. The zero-order valence-electron chi connectivity index (χ0n) is 11.2. The topological polar surface area (TPSA) is 54.9 Å². The second-order valence-electron chi connectivity index (χ2n) is 4.56. The molecule has 0 aliphatic carbocycles. The number of aryl methyl sites for hydroxylation is 1. The Bertz CT molecular complexity index is 789. The monoisotopic (exact) mass is 283 g/mol. The molecule has 4 nitrogen and oxygen atoms in total. The van der Waals surface area contributed by atoms with Crippen LogP contribution in [0.5, 0.6) is 0 Å². The molecule has 0 saturated heterocycles. The van der Waals surface area contributed by atoms with E-state index in [4.69, 9.17) is 0 Å². The summed E-state index contributed by atoms with van der Waals surface area (Å²) in [5.74, 6) is 0.0251. The van der Waals surface area contributed by atoms with Gasteiger partial charge in [0, 0.05) is 23.5 Å². The maximum absolute atomic E-state index is 11.7. The summed E-state index contributed by atoms with van der Waals surface area (Å²) in [6, 6.07) is 7.95. The number of Topliss-reactive ketones (excluding diaryl/α,β-unsaturated/α-hetero) is 1. The Kier molecular flexibility index (Phi) is 3.20. The molecule has 3 rings (SSSR count). The molecular weight excluding hydrogens is 270 g/mol. The normalized spacial score (nSPS) is 10.7. The number of anilines is 2. The van der Waals surface area contributed by atoms with Crippen LogP contribution in [0.4, 0.5) is 10.7 Å². The Balaban J connectivity index is 2.08. The average Bonchev–Trinajstić information content (AvgIpc) is 2.80. The number of ketones is 1. The van der Waals surface area contributed by atoms with Gasteiger partial charge in [-0.1, -0.05) is 12.1 Å². The minimum absolute atomic E-state index is 0.0251. The predicted molar refractivity (Wildman–Crippen MR) is 81.9 cm³/mol. The number of nitrogens with zero attached hydrogens (tertiary/aromatic N) is 2. The fourth-order valence-electron chi connectivity index (χ4n) is 2.21. The maximum atomic E-state index is 11.7. The van der Waals surface area contributed by atoms with Crippen molar-refractivity contribution in [2.45, 2.75) is 13.8 Å². The van der Waals surface area contributed by atoms with Crippen molar-refractivity contribution in [1.29, 1.82) is 0 Å². The molecule has 0 aliphatic heterocycles. The first-order chi connectivity index (χ1) is 9.66. The van der Waals surface area contributed by atoms with Gasteiger partial charge >= 0.3 is 0 Å². The highest BCUT2D eigenvalue weighted by molar-refractivity contribution is 7.10. The number of pyridine rings is 1. The third kappa shape index (κ3) is 2.16. The highest BCUT2D eigenvalue weighted by Gasteiger charge is 2.15. The van der Waals surface area contributed by atoms with Crippen LogP contribution in [0.2, 0.25) is 0 Å². The standard InChI is InChI=1S/C15H13N3OS/c1-9-14(10(2)19)15(20-18-9)17-13-5-3-4-11-6-7-16-8-12(11)13/h3-8,17H,1-2H3. The highest BCUT2D eigenvalue weighted by atomic mass is 32.1. The van der Waals surface area contributed by atoms with E-state index in [9.17, 15) is 4.79 Å². The molecule has 0 fully saturated rings. The molecule has 0 bridgehead atoms. The number of nitrogens with one attached hydrogen (secondary N) is 1. The van der Waals surface area contributed by atoms with Gasteiger partial charge in [0.2, 0.25) is 0 Å². The third-order valence-electron chi connectivity index (χ3n) is 3.15. The van der Waals surface area contributed by atoms with Crippen molar-refractivity contribution in [3.05, 3.63) is 47.9 Å². The summed E-state index contributed by atoms with van der Waals surface area (Å²) in [5.41, 5.74) is 2.36. The number of benzene rings is 1. The lowest BCUT2D eigenvalue weighted by Crippen LogP contribution is -1.99. The van der Waals surface area contributed by atoms with E-state index in [1.165, 1.54) is 11.5 Å². The minimum atomic E-state index is 0.0251. The van der Waals surface area contributed by atoms with Gasteiger partial charge in [0.05, 0.1) is 11.3 Å². The fourth-order valence-corrected chi connectivity index (χ4v) is 3.07. The van der Waals surface area contributed by atoms with Gasteiger partial charge < -0.3 is 5.32 Å². The average molecular weight is 283 g/mol. The Morgan fingerprint density at radius 3 is 2.95 bits per heavy atom. The summed E-state index contributed by atoms with van der Waals surface area (Å²) >= 11 is 1.31. The van der Waals surface area contributed by atoms with Gasteiger partial charge in [-0.05, 0) is 42.9 Å². The molecule has 0 aliphatic rings. The molecule has 2 aromatic heterocycles. The summed E-state index contributed by atoms with van der Waals surface area (Å²) in [7, 11) is 0. The molecule has 100 valence electrons. The van der Waals surface area contributed by atoms with Gasteiger partial charge in [0.1, 0.15) is 5.00 Å². The Labute approximate surface area is 120 Å². The maximum Gasteiger partial charge on any atom is 0.164 e. The summed E-state index contributed by atoms with van der Waals surface area (Å²) in [6.07, 6.45) is 3.59. The smallest absolute Gasteiger partial charge is 0.164 e. The summed E-state index contributed by atoms with van der Waals surface area (Å²) in [5, 5.41) is 6.23. The Hall–Kier alpha value is -2.27. The van der Waals surface area contributed by atoms with E-state index in [-0.39, 0.29) is 5.78 Å². The molecule has 0 radical (unpaired) electrons. The van der Waals surface area contributed by atoms with E-state index in [2.05, 4.69) is 14.7 Å². The number of rotatable bonds is 3. The first-order valence-corrected chi connectivity index (χ1v) is 7.01. The van der Waals surface area contributed by atoms with Crippen LogP contribution in [0, 0.1) is 6.92 Å². The molecule has 0 atom stereocenters. The van der Waals surface area contributed by atoms with Crippen molar-refractivity contribution in [2.24, 2.45) is 0 Å². The van der Waals surface area contributed by atoms with E-state index in [1.54, 1.807) is 13.1 Å². The molecule has 0 amide bonds. The number of carbonyl (C=O) groups is 1. The van der Waals surface area contributed by atoms with Crippen LogP contribution >= 0.6 is 11.5 Å². The van der Waals surface area contributed by atoms with Crippen LogP contribution in [0.15, 0.2) is 36.7 Å². The van der Waals surface area contributed by atoms with Crippen molar-refractivity contribution >= 4 is 38.8 Å². The fraction of sp³-hybridized carbons (Fsp3) is 0.133. The number of hydrogen-bond acceptors (Lipinski definition) is 5. The van der Waals surface area contributed by atoms with Crippen molar-refractivity contribution in [3.63, 3.8) is 0 Å². The summed E-state index contributed by atoms with van der Waals surface area (Å²) in [6.45, 7) is 3.41. The van der Waals surface area contributed by atoms with Crippen molar-refractivity contribution < 1.29 is 4.79 Å². The van der Waals surface area contributed by atoms with Crippen molar-refractivity contribution in [3.8, 4) is 0 Å². The SMILES string of the molecule is CC(=O)c1c(C)nsc1Nc1cccc2ccncc12. The van der Waals surface area contributed by atoms with Gasteiger partial charge in [-0.25, -0.2) is 0 Å². The Morgan fingerprint density at radius 1 is 1.30 bits per heavy atom. The molecule has 3 aromatic rings. The quantitative estimate of drug-likeness (QED) is 0.740. The highest BCUT2D eigenvalue weighted by Crippen LogP contribution is 2.31. The second kappa shape index (κ2) is 5.02. The van der Waals surface area contributed by atoms with Gasteiger partial charge in [0.25, 0.3) is 0 Å². The molecule has 20 heavy (non-hydrogen) atoms. The zero-order valence-corrected chi connectivity index (χ0v) is 12.0. The van der Waals surface area contributed by atoms with Gasteiger partial charge in [-0.3, -0.25) is 9.78 Å². The number of aromatic nitrogens is 2. The molecular formula is C15H13N3OS. The van der Waals surface area contributed by atoms with Gasteiger partial charge in [-0.15, -0.1) is 0 Å². The predicted octanol–water partition coefficient (Wildman–Crippen LogP) is 3.95. The minimum Gasteiger partial charge on any atom is -0.345 e. The van der Waals surface area contributed by atoms with E-state index in [1.807, 2.05) is 37.4 Å². The first kappa shape index (κ1) is 12.7. The number of fused-ring (bicyclic) bond motifs is 1. The molecule has 0 unspecified atom stereocenters. The molecule has 1 aromatic carbocycles. The molecule has 0 saturated carbocycles.